The molecule has 2 heterocycles. The maximum absolute atomic E-state index is 13.7. The molecular weight excluding hydrogens is 720 g/mol. The molecule has 1 aromatic heterocycles. The van der Waals surface area contributed by atoms with Gasteiger partial charge in [-0.25, -0.2) is 0 Å². The number of aliphatic hydroxyl groups excluding tert-OH is 1. The van der Waals surface area contributed by atoms with Gasteiger partial charge in [-0.1, -0.05) is 43.7 Å². The molecule has 15 heteroatoms. The van der Waals surface area contributed by atoms with Gasteiger partial charge >= 0.3 is 18.3 Å². The van der Waals surface area contributed by atoms with E-state index in [1.807, 2.05) is 0 Å². The number of aliphatic hydroxyl groups is 1. The van der Waals surface area contributed by atoms with Gasteiger partial charge in [-0.3, -0.25) is 14.6 Å². The summed E-state index contributed by atoms with van der Waals surface area (Å²) in [6.07, 6.45) is -6.94. The number of halogens is 6. The van der Waals surface area contributed by atoms with Gasteiger partial charge < -0.3 is 29.5 Å². The third-order valence-corrected chi connectivity index (χ3v) is 8.28. The van der Waals surface area contributed by atoms with Crippen molar-refractivity contribution in [2.24, 2.45) is 0 Å². The summed E-state index contributed by atoms with van der Waals surface area (Å²) in [5, 5.41) is 13.4. The Kier molecular flexibility index (Phi) is 13.0. The molecule has 3 aromatic carbocycles. The monoisotopic (exact) mass is 757 g/mol. The summed E-state index contributed by atoms with van der Waals surface area (Å²) in [4.78, 5) is 30.8. The normalized spacial score (nSPS) is 13.7. The van der Waals surface area contributed by atoms with Crippen LogP contribution in [0.25, 0.3) is 17.2 Å². The average molecular weight is 758 g/mol. The van der Waals surface area contributed by atoms with E-state index in [0.29, 0.717) is 41.6 Å². The van der Waals surface area contributed by atoms with Crippen molar-refractivity contribution < 1.29 is 55.2 Å². The standard InChI is InChI=1S/C39H37F6N3O6/c1-2-3-18-52-19-20-53-30-11-7-25(8-12-30)26-9-14-33-28(21-26)22-27(15-17-48(33)37(51)39(43,44)45)36(50)47-29-10-13-31(34(23-29)54-24-38(40,41)42)35(49)32-6-4-5-16-46-32/h4-14,16,21-23,35,49H,2-3,15,17-20,24H2,1H3,(H,47,50). The number of hydrogen-bond acceptors (Lipinski definition) is 7. The Hall–Kier alpha value is -5.41. The second kappa shape index (κ2) is 17.6. The zero-order chi connectivity index (χ0) is 38.9. The fourth-order valence-electron chi connectivity index (χ4n) is 5.59. The van der Waals surface area contributed by atoms with Gasteiger partial charge in [0.1, 0.15) is 24.2 Å². The predicted octanol–water partition coefficient (Wildman–Crippen LogP) is 8.29. The van der Waals surface area contributed by atoms with Gasteiger partial charge in [0.25, 0.3) is 5.91 Å². The van der Waals surface area contributed by atoms with Crippen LogP contribution in [0.4, 0.5) is 37.7 Å². The number of aromatic nitrogens is 1. The molecule has 1 unspecified atom stereocenters. The minimum atomic E-state index is -5.20. The van der Waals surface area contributed by atoms with Gasteiger partial charge in [-0.05, 0) is 78.1 Å². The minimum Gasteiger partial charge on any atom is -0.491 e. The van der Waals surface area contributed by atoms with Crippen molar-refractivity contribution in [2.75, 3.05) is 43.2 Å². The molecule has 0 spiro atoms. The molecule has 1 aliphatic heterocycles. The Bertz CT molecular complexity index is 1930. The third kappa shape index (κ3) is 10.6. The van der Waals surface area contributed by atoms with Crippen LogP contribution in [-0.4, -0.2) is 67.2 Å². The Morgan fingerprint density at radius 2 is 1.67 bits per heavy atom. The van der Waals surface area contributed by atoms with E-state index in [-0.39, 0.29) is 45.9 Å². The highest BCUT2D eigenvalue weighted by atomic mass is 19.4. The number of fused-ring (bicyclic) bond motifs is 1. The van der Waals surface area contributed by atoms with Gasteiger partial charge in [0.15, 0.2) is 6.61 Å². The van der Waals surface area contributed by atoms with Gasteiger partial charge in [0.2, 0.25) is 0 Å². The third-order valence-electron chi connectivity index (χ3n) is 8.28. The van der Waals surface area contributed by atoms with E-state index in [1.54, 1.807) is 48.5 Å². The molecule has 2 N–H and O–H groups in total. The van der Waals surface area contributed by atoms with E-state index < -0.39 is 43.4 Å². The van der Waals surface area contributed by atoms with Crippen molar-refractivity contribution in [3.63, 3.8) is 0 Å². The summed E-state index contributed by atoms with van der Waals surface area (Å²) >= 11 is 0. The fourth-order valence-corrected chi connectivity index (χ4v) is 5.59. The summed E-state index contributed by atoms with van der Waals surface area (Å²) in [6.45, 7) is 1.30. The first-order chi connectivity index (χ1) is 25.7. The second-order valence-electron chi connectivity index (χ2n) is 12.3. The topological polar surface area (TPSA) is 110 Å². The smallest absolute Gasteiger partial charge is 0.471 e. The van der Waals surface area contributed by atoms with Crippen molar-refractivity contribution in [1.29, 1.82) is 0 Å². The number of benzene rings is 3. The van der Waals surface area contributed by atoms with Gasteiger partial charge in [0.05, 0.1) is 18.0 Å². The van der Waals surface area contributed by atoms with E-state index in [0.717, 1.165) is 18.9 Å². The molecule has 1 atom stereocenters. The fraction of sp³-hybridized carbons (Fsp3) is 0.308. The molecule has 2 amide bonds. The molecule has 0 saturated heterocycles. The lowest BCUT2D eigenvalue weighted by atomic mass is 10.00. The van der Waals surface area contributed by atoms with Crippen LogP contribution in [0.1, 0.15) is 49.1 Å². The summed E-state index contributed by atoms with van der Waals surface area (Å²) in [5.41, 5.74) is 1.40. The zero-order valence-corrected chi connectivity index (χ0v) is 29.0. The van der Waals surface area contributed by atoms with E-state index in [4.69, 9.17) is 14.2 Å². The number of amides is 2. The highest BCUT2D eigenvalue weighted by Gasteiger charge is 2.44. The lowest BCUT2D eigenvalue weighted by molar-refractivity contribution is -0.170. The van der Waals surface area contributed by atoms with Gasteiger partial charge in [-0.15, -0.1) is 0 Å². The number of anilines is 2. The van der Waals surface area contributed by atoms with Crippen LogP contribution < -0.4 is 19.7 Å². The molecule has 0 radical (unpaired) electrons. The second-order valence-corrected chi connectivity index (χ2v) is 12.3. The Morgan fingerprint density at radius 1 is 0.907 bits per heavy atom. The molecule has 0 fully saturated rings. The van der Waals surface area contributed by atoms with Gasteiger partial charge in [0, 0.05) is 42.2 Å². The molecule has 286 valence electrons. The number of alkyl halides is 6. The van der Waals surface area contributed by atoms with Gasteiger partial charge in [-0.2, -0.15) is 26.3 Å². The highest BCUT2D eigenvalue weighted by Crippen LogP contribution is 2.37. The molecule has 9 nitrogen and oxygen atoms in total. The van der Waals surface area contributed by atoms with Crippen molar-refractivity contribution >= 4 is 29.3 Å². The van der Waals surface area contributed by atoms with Crippen LogP contribution in [0.3, 0.4) is 0 Å². The molecule has 0 bridgehead atoms. The summed E-state index contributed by atoms with van der Waals surface area (Å²) < 4.78 is 96.8. The molecule has 1 aliphatic rings. The van der Waals surface area contributed by atoms with Crippen molar-refractivity contribution in [3.8, 4) is 22.6 Å². The van der Waals surface area contributed by atoms with Crippen LogP contribution in [0.5, 0.6) is 11.5 Å². The minimum absolute atomic E-state index is 0.00821. The number of carbonyl (C=O) groups excluding carboxylic acids is 2. The molecular formula is C39H37F6N3O6. The van der Waals surface area contributed by atoms with Crippen molar-refractivity contribution in [3.05, 3.63) is 107 Å². The average Bonchev–Trinajstić information content (AvgIpc) is 3.34. The lowest BCUT2D eigenvalue weighted by Crippen LogP contribution is -2.42. The summed E-state index contributed by atoms with van der Waals surface area (Å²) in [5.74, 6) is -2.70. The largest absolute Gasteiger partial charge is 0.491 e. The Labute approximate surface area is 307 Å². The zero-order valence-electron chi connectivity index (χ0n) is 29.0. The van der Waals surface area contributed by atoms with Crippen molar-refractivity contribution in [2.45, 2.75) is 44.6 Å². The van der Waals surface area contributed by atoms with Crippen molar-refractivity contribution in [1.82, 2.24) is 4.98 Å². The lowest BCUT2D eigenvalue weighted by Gasteiger charge is -2.24. The van der Waals surface area contributed by atoms with E-state index >= 15 is 0 Å². The maximum atomic E-state index is 13.7. The number of carbonyl (C=O) groups is 2. The molecule has 0 aliphatic carbocycles. The number of rotatable bonds is 14. The number of unbranched alkanes of at least 4 members (excludes halogenated alkanes) is 1. The molecule has 4 aromatic rings. The molecule has 0 saturated carbocycles. The first-order valence-corrected chi connectivity index (χ1v) is 17.0. The first-order valence-electron chi connectivity index (χ1n) is 17.0. The molecule has 5 rings (SSSR count). The van der Waals surface area contributed by atoms with Crippen LogP contribution >= 0.6 is 0 Å². The quantitative estimate of drug-likeness (QED) is 0.0985. The first kappa shape index (κ1) is 39.8. The van der Waals surface area contributed by atoms with Crippen LogP contribution in [0.15, 0.2) is 90.6 Å². The predicted molar refractivity (Wildman–Crippen MR) is 189 cm³/mol. The number of hydrogen-bond donors (Lipinski definition) is 2. The number of nitrogens with zero attached hydrogens (tertiary/aromatic N) is 2. The van der Waals surface area contributed by atoms with E-state index in [9.17, 15) is 41.0 Å². The Morgan fingerprint density at radius 3 is 2.35 bits per heavy atom. The maximum Gasteiger partial charge on any atom is 0.471 e. The van der Waals surface area contributed by atoms with E-state index in [1.165, 1.54) is 36.5 Å². The van der Waals surface area contributed by atoms with E-state index in [2.05, 4.69) is 17.2 Å². The number of pyridine rings is 1. The van der Waals surface area contributed by atoms with Crippen LogP contribution in [0, 0.1) is 0 Å². The van der Waals surface area contributed by atoms with Crippen LogP contribution in [0.2, 0.25) is 0 Å². The molecule has 54 heavy (non-hydrogen) atoms. The number of nitrogens with one attached hydrogen (secondary N) is 1. The Balaban J connectivity index is 1.41. The summed E-state index contributed by atoms with van der Waals surface area (Å²) in [7, 11) is 0. The highest BCUT2D eigenvalue weighted by molar-refractivity contribution is 6.09. The summed E-state index contributed by atoms with van der Waals surface area (Å²) in [6, 6.07) is 19.8. The number of ether oxygens (including phenoxy) is 3. The van der Waals surface area contributed by atoms with Crippen LogP contribution in [-0.2, 0) is 14.3 Å². The SMILES string of the molecule is CCCCOCCOc1ccc(-c2ccc3c(c2)C=C(C(=O)Nc2ccc(C(O)c4ccccn4)c(OCC(F)(F)F)c2)CCN3C(=O)C(F)(F)F)cc1.